The zero-order valence-corrected chi connectivity index (χ0v) is 25.5. The smallest absolute Gasteiger partial charge is 0.468 e. The van der Waals surface area contributed by atoms with E-state index in [-0.39, 0.29) is 12.6 Å². The lowest BCUT2D eigenvalue weighted by Crippen LogP contribution is -2.25. The van der Waals surface area contributed by atoms with Crippen molar-refractivity contribution in [1.29, 1.82) is 0 Å². The summed E-state index contributed by atoms with van der Waals surface area (Å²) in [6, 6.07) is 0. The molecule has 0 aliphatic heterocycles. The van der Waals surface area contributed by atoms with Gasteiger partial charge in [-0.15, -0.1) is 0 Å². The fourth-order valence-electron chi connectivity index (χ4n) is 4.19. The Bertz CT molecular complexity index is 587. The Hall–Kier alpha value is -0.600. The lowest BCUT2D eigenvalue weighted by atomic mass is 10.1. The second-order valence-electron chi connectivity index (χ2n) is 10.1. The van der Waals surface area contributed by atoms with Gasteiger partial charge in [-0.1, -0.05) is 110 Å². The van der Waals surface area contributed by atoms with Gasteiger partial charge in [0, 0.05) is 12.2 Å². The van der Waals surface area contributed by atoms with Crippen LogP contribution in [0.1, 0.15) is 135 Å². The van der Waals surface area contributed by atoms with Gasteiger partial charge in [0.15, 0.2) is 0 Å². The third kappa shape index (κ3) is 29.9. The summed E-state index contributed by atoms with van der Waals surface area (Å²) in [5.41, 5.74) is 0. The van der Waals surface area contributed by atoms with Gasteiger partial charge >= 0.3 is 13.8 Å². The van der Waals surface area contributed by atoms with Gasteiger partial charge in [-0.3, -0.25) is 14.1 Å². The summed E-state index contributed by atoms with van der Waals surface area (Å²) in [7, 11) is -4.60. The molecule has 0 aromatic heterocycles. The van der Waals surface area contributed by atoms with Crippen molar-refractivity contribution in [2.24, 2.45) is 0 Å². The summed E-state index contributed by atoms with van der Waals surface area (Å²) >= 11 is 1.64. The first kappa shape index (κ1) is 37.4. The van der Waals surface area contributed by atoms with E-state index in [2.05, 4.69) is 16.2 Å². The van der Waals surface area contributed by atoms with E-state index in [1.54, 1.807) is 11.8 Å². The Labute approximate surface area is 236 Å². The van der Waals surface area contributed by atoms with Crippen LogP contribution in [0.25, 0.3) is 0 Å². The van der Waals surface area contributed by atoms with Crippen molar-refractivity contribution in [2.45, 2.75) is 141 Å². The maximum absolute atomic E-state index is 12.2. The first-order valence-corrected chi connectivity index (χ1v) is 17.6. The van der Waals surface area contributed by atoms with E-state index in [4.69, 9.17) is 14.5 Å². The van der Waals surface area contributed by atoms with Gasteiger partial charge in [0.2, 0.25) is 0 Å². The largest absolute Gasteiger partial charge is 0.469 e. The second-order valence-corrected chi connectivity index (χ2v) is 12.4. The minimum absolute atomic E-state index is 0.287. The molecule has 8 nitrogen and oxygen atoms in total. The first-order valence-electron chi connectivity index (χ1n) is 14.9. The molecule has 0 aromatic rings. The van der Waals surface area contributed by atoms with Gasteiger partial charge in [0.05, 0.1) is 13.2 Å². The van der Waals surface area contributed by atoms with Crippen molar-refractivity contribution in [2.75, 3.05) is 24.7 Å². The average molecular weight is 583 g/mol. The third-order valence-electron chi connectivity index (χ3n) is 6.38. The van der Waals surface area contributed by atoms with Gasteiger partial charge in [0.1, 0.15) is 6.10 Å². The number of ether oxygens (including phenoxy) is 2. The van der Waals surface area contributed by atoms with Crippen LogP contribution in [0.5, 0.6) is 0 Å². The van der Waals surface area contributed by atoms with Crippen molar-refractivity contribution in [1.82, 2.24) is 0 Å². The Kier molecular flexibility index (Phi) is 27.5. The normalized spacial score (nSPS) is 12.4. The minimum atomic E-state index is -4.60. The molecule has 10 heteroatoms. The molecule has 0 rings (SSSR count). The maximum Gasteiger partial charge on any atom is 0.469 e. The van der Waals surface area contributed by atoms with Crippen LogP contribution in [0.2, 0.25) is 0 Å². The highest BCUT2D eigenvalue weighted by Gasteiger charge is 2.21. The molecule has 0 heterocycles. The number of hydrogen-bond donors (Lipinski definition) is 2. The molecule has 0 fully saturated rings. The molecule has 38 heavy (non-hydrogen) atoms. The molecule has 1 atom stereocenters. The second kappa shape index (κ2) is 27.9. The Morgan fingerprint density at radius 2 is 1.29 bits per heavy atom. The SMILES string of the molecule is CCCCCCCCCCCC(=O)O[C@H](COP(=O)(O)O)CSCCCCCCCCCCCCOC=O. The predicted octanol–water partition coefficient (Wildman–Crippen LogP) is 7.74. The van der Waals surface area contributed by atoms with Crippen molar-refractivity contribution in [3.8, 4) is 0 Å². The predicted molar refractivity (Wildman–Crippen MR) is 155 cm³/mol. The van der Waals surface area contributed by atoms with Crippen LogP contribution in [0.15, 0.2) is 0 Å². The summed E-state index contributed by atoms with van der Waals surface area (Å²) in [5, 5.41) is 0. The third-order valence-corrected chi connectivity index (χ3v) is 8.05. The quantitative estimate of drug-likeness (QED) is 0.0379. The number of thioether (sulfide) groups is 1. The van der Waals surface area contributed by atoms with E-state index in [0.717, 1.165) is 50.7 Å². The first-order chi connectivity index (χ1) is 18.4. The molecule has 0 saturated heterocycles. The zero-order valence-electron chi connectivity index (χ0n) is 23.8. The topological polar surface area (TPSA) is 119 Å². The average Bonchev–Trinajstić information content (AvgIpc) is 2.88. The molecule has 0 bridgehead atoms. The van der Waals surface area contributed by atoms with Crippen molar-refractivity contribution < 1.29 is 37.9 Å². The van der Waals surface area contributed by atoms with Crippen LogP contribution in [-0.2, 0) is 28.2 Å². The molecule has 2 N–H and O–H groups in total. The number of hydrogen-bond acceptors (Lipinski definition) is 7. The molecule has 0 spiro atoms. The Morgan fingerprint density at radius 3 is 1.82 bits per heavy atom. The molecule has 0 aliphatic carbocycles. The van der Waals surface area contributed by atoms with Crippen LogP contribution in [-0.4, -0.2) is 53.1 Å². The van der Waals surface area contributed by atoms with Crippen molar-refractivity contribution >= 4 is 32.0 Å². The highest BCUT2D eigenvalue weighted by atomic mass is 32.2. The number of unbranched alkanes of at least 4 members (excludes halogenated alkanes) is 17. The number of phosphoric ester groups is 1. The number of esters is 1. The molecular formula is C28H55O8PS. The summed E-state index contributed by atoms with van der Waals surface area (Å²) in [6.07, 6.45) is 21.8. The fraction of sp³-hybridized carbons (Fsp3) is 0.929. The van der Waals surface area contributed by atoms with Crippen molar-refractivity contribution in [3.63, 3.8) is 0 Å². The van der Waals surface area contributed by atoms with E-state index < -0.39 is 13.9 Å². The number of phosphoric acid groups is 1. The van der Waals surface area contributed by atoms with Gasteiger partial charge in [0.25, 0.3) is 6.47 Å². The van der Waals surface area contributed by atoms with Crippen LogP contribution in [0.4, 0.5) is 0 Å². The highest BCUT2D eigenvalue weighted by Crippen LogP contribution is 2.36. The van der Waals surface area contributed by atoms with E-state index >= 15 is 0 Å². The van der Waals surface area contributed by atoms with Crippen LogP contribution in [0.3, 0.4) is 0 Å². The summed E-state index contributed by atoms with van der Waals surface area (Å²) in [6.45, 7) is 2.96. The van der Waals surface area contributed by atoms with Crippen LogP contribution >= 0.6 is 19.6 Å². The lowest BCUT2D eigenvalue weighted by molar-refractivity contribution is -0.149. The van der Waals surface area contributed by atoms with E-state index in [9.17, 15) is 14.2 Å². The van der Waals surface area contributed by atoms with E-state index in [0.29, 0.717) is 25.3 Å². The Balaban J connectivity index is 3.85. The van der Waals surface area contributed by atoms with Gasteiger partial charge in [-0.2, -0.15) is 11.8 Å². The van der Waals surface area contributed by atoms with Gasteiger partial charge < -0.3 is 19.3 Å². The standard InChI is InChI=1S/C28H55O8PS/c1-2-3-4-5-6-9-12-15-18-21-28(30)36-27(24-35-37(31,32)33)25-38-23-20-17-14-11-8-7-10-13-16-19-22-34-26-29/h26-27H,2-25H2,1H3,(H2,31,32,33)/t27-/m1/s1. The molecule has 0 radical (unpaired) electrons. The number of rotatable bonds is 30. The fourth-order valence-corrected chi connectivity index (χ4v) is 5.55. The van der Waals surface area contributed by atoms with Crippen LogP contribution in [0, 0.1) is 0 Å². The van der Waals surface area contributed by atoms with Gasteiger partial charge in [-0.25, -0.2) is 4.57 Å². The molecule has 0 unspecified atom stereocenters. The monoisotopic (exact) mass is 582 g/mol. The molecule has 0 saturated carbocycles. The summed E-state index contributed by atoms with van der Waals surface area (Å²) < 4.78 is 25.9. The molecular weight excluding hydrogens is 527 g/mol. The summed E-state index contributed by atoms with van der Waals surface area (Å²) in [5.74, 6) is 1.08. The van der Waals surface area contributed by atoms with Gasteiger partial charge in [-0.05, 0) is 25.0 Å². The molecule has 0 aromatic carbocycles. The summed E-state index contributed by atoms with van der Waals surface area (Å²) in [4.78, 5) is 40.3. The minimum Gasteiger partial charge on any atom is -0.468 e. The molecule has 226 valence electrons. The maximum atomic E-state index is 12.2. The van der Waals surface area contributed by atoms with Crippen molar-refractivity contribution in [3.05, 3.63) is 0 Å². The van der Waals surface area contributed by atoms with Crippen LogP contribution < -0.4 is 0 Å². The number of carbonyl (C=O) groups excluding carboxylic acids is 2. The molecule has 0 amide bonds. The zero-order chi connectivity index (χ0) is 28.2. The lowest BCUT2D eigenvalue weighted by Gasteiger charge is -2.18. The van der Waals surface area contributed by atoms with E-state index in [1.807, 2.05) is 0 Å². The molecule has 0 aliphatic rings. The van der Waals surface area contributed by atoms with E-state index in [1.165, 1.54) is 77.0 Å². The number of carbonyl (C=O) groups is 2. The Morgan fingerprint density at radius 1 is 0.789 bits per heavy atom. The highest BCUT2D eigenvalue weighted by molar-refractivity contribution is 7.99.